The molecule has 2 aromatic carbocycles. The molecule has 8 heteroatoms. The highest BCUT2D eigenvalue weighted by Gasteiger charge is 2.33. The van der Waals surface area contributed by atoms with Gasteiger partial charge in [0.05, 0.1) is 4.47 Å². The van der Waals surface area contributed by atoms with E-state index in [1.807, 2.05) is 24.3 Å². The number of nitrogens with zero attached hydrogens (tertiary/aromatic N) is 1. The largest absolute Gasteiger partial charge is 0.421 e. The van der Waals surface area contributed by atoms with Gasteiger partial charge in [-0.15, -0.1) is 11.8 Å². The molecule has 1 aliphatic rings. The summed E-state index contributed by atoms with van der Waals surface area (Å²) in [6.07, 6.45) is 0. The Kier molecular flexibility index (Phi) is 5.38. The predicted molar refractivity (Wildman–Crippen MR) is 116 cm³/mol. The van der Waals surface area contributed by atoms with E-state index in [-0.39, 0.29) is 16.8 Å². The second kappa shape index (κ2) is 7.62. The van der Waals surface area contributed by atoms with Crippen molar-refractivity contribution in [2.24, 2.45) is 0 Å². The van der Waals surface area contributed by atoms with Crippen LogP contribution in [0.3, 0.4) is 0 Å². The Balaban J connectivity index is 1.75. The normalized spacial score (nSPS) is 16.9. The highest BCUT2D eigenvalue weighted by molar-refractivity contribution is 9.11. The van der Waals surface area contributed by atoms with Crippen molar-refractivity contribution in [2.75, 3.05) is 12.3 Å². The van der Waals surface area contributed by atoms with Crippen molar-refractivity contribution < 1.29 is 9.21 Å². The first-order valence-corrected chi connectivity index (χ1v) is 11.1. The van der Waals surface area contributed by atoms with E-state index in [4.69, 9.17) is 16.0 Å². The van der Waals surface area contributed by atoms with Gasteiger partial charge in [0.15, 0.2) is 5.58 Å². The molecule has 4 rings (SSSR count). The Morgan fingerprint density at radius 1 is 1.22 bits per heavy atom. The number of halogens is 3. The Bertz CT molecular complexity index is 1120. The molecule has 3 aromatic rings. The fourth-order valence-corrected chi connectivity index (χ4v) is 5.86. The van der Waals surface area contributed by atoms with Crippen LogP contribution in [-0.4, -0.2) is 23.1 Å². The Hall–Kier alpha value is -1.28. The van der Waals surface area contributed by atoms with Crippen LogP contribution in [0.25, 0.3) is 11.0 Å². The van der Waals surface area contributed by atoms with Crippen LogP contribution in [0.4, 0.5) is 0 Å². The van der Waals surface area contributed by atoms with Crippen molar-refractivity contribution >= 4 is 72.1 Å². The summed E-state index contributed by atoms with van der Waals surface area (Å²) < 4.78 is 6.89. The fraction of sp³-hybridized carbons (Fsp3) is 0.158. The molecule has 27 heavy (non-hydrogen) atoms. The Labute approximate surface area is 181 Å². The smallest absolute Gasteiger partial charge is 0.349 e. The molecular formula is C19H12Br2ClNO3S. The zero-order valence-electron chi connectivity index (χ0n) is 13.7. The van der Waals surface area contributed by atoms with Gasteiger partial charge >= 0.3 is 5.63 Å². The number of carbonyl (C=O) groups is 1. The van der Waals surface area contributed by atoms with Gasteiger partial charge < -0.3 is 9.32 Å². The lowest BCUT2D eigenvalue weighted by atomic mass is 10.1. The summed E-state index contributed by atoms with van der Waals surface area (Å²) in [6, 6.07) is 12.6. The van der Waals surface area contributed by atoms with Gasteiger partial charge in [0.1, 0.15) is 10.9 Å². The van der Waals surface area contributed by atoms with Crippen molar-refractivity contribution in [3.63, 3.8) is 0 Å². The number of thioether (sulfide) groups is 1. The average Bonchev–Trinajstić information content (AvgIpc) is 3.11. The molecule has 0 N–H and O–H groups in total. The number of hydrogen-bond donors (Lipinski definition) is 0. The van der Waals surface area contributed by atoms with Gasteiger partial charge in [-0.3, -0.25) is 4.79 Å². The molecule has 1 aromatic heterocycles. The summed E-state index contributed by atoms with van der Waals surface area (Å²) in [7, 11) is 0. The van der Waals surface area contributed by atoms with Gasteiger partial charge in [-0.1, -0.05) is 39.7 Å². The molecule has 0 aliphatic carbocycles. The first-order chi connectivity index (χ1) is 12.9. The molecule has 4 nitrogen and oxygen atoms in total. The quantitative estimate of drug-likeness (QED) is 0.391. The van der Waals surface area contributed by atoms with Gasteiger partial charge in [-0.05, 0) is 51.8 Å². The van der Waals surface area contributed by atoms with Gasteiger partial charge in [0, 0.05) is 27.2 Å². The van der Waals surface area contributed by atoms with Crippen molar-refractivity contribution in [1.82, 2.24) is 4.90 Å². The molecule has 0 spiro atoms. The van der Waals surface area contributed by atoms with Crippen LogP contribution in [0.2, 0.25) is 5.02 Å². The topological polar surface area (TPSA) is 50.5 Å². The number of rotatable bonds is 2. The van der Waals surface area contributed by atoms with Crippen LogP contribution in [0.15, 0.2) is 60.6 Å². The van der Waals surface area contributed by atoms with Crippen LogP contribution in [0.5, 0.6) is 0 Å². The standard InChI is InChI=1S/C19H12Br2ClNO3S/c20-12-6-11-8-14(19(25)26-16(11)15(21)9-12)17(24)23-4-5-27-18(23)10-2-1-3-13(22)7-10/h1-3,6-9,18H,4-5H2. The van der Waals surface area contributed by atoms with E-state index < -0.39 is 5.63 Å². The zero-order valence-corrected chi connectivity index (χ0v) is 18.5. The molecule has 138 valence electrons. The highest BCUT2D eigenvalue weighted by atomic mass is 79.9. The van der Waals surface area contributed by atoms with E-state index >= 15 is 0 Å². The number of hydrogen-bond acceptors (Lipinski definition) is 4. The van der Waals surface area contributed by atoms with Crippen LogP contribution >= 0.6 is 55.2 Å². The van der Waals surface area contributed by atoms with Crippen LogP contribution in [-0.2, 0) is 0 Å². The third kappa shape index (κ3) is 3.70. The Morgan fingerprint density at radius 3 is 2.81 bits per heavy atom. The van der Waals surface area contributed by atoms with Crippen molar-refractivity contribution in [3.8, 4) is 0 Å². The molecule has 1 atom stereocenters. The number of amides is 1. The number of fused-ring (bicyclic) bond motifs is 1. The maximum absolute atomic E-state index is 13.1. The summed E-state index contributed by atoms with van der Waals surface area (Å²) in [6.45, 7) is 0.556. The van der Waals surface area contributed by atoms with Crippen LogP contribution in [0.1, 0.15) is 21.3 Å². The van der Waals surface area contributed by atoms with E-state index in [0.717, 1.165) is 15.8 Å². The minimum absolute atomic E-state index is 0.0297. The van der Waals surface area contributed by atoms with E-state index in [0.29, 0.717) is 27.0 Å². The van der Waals surface area contributed by atoms with E-state index in [1.54, 1.807) is 34.9 Å². The lowest BCUT2D eigenvalue weighted by Crippen LogP contribution is -2.33. The minimum Gasteiger partial charge on any atom is -0.421 e. The van der Waals surface area contributed by atoms with E-state index in [2.05, 4.69) is 31.9 Å². The lowest BCUT2D eigenvalue weighted by molar-refractivity contribution is 0.0756. The van der Waals surface area contributed by atoms with Gasteiger partial charge in [-0.25, -0.2) is 4.79 Å². The summed E-state index contributed by atoms with van der Waals surface area (Å²) in [5.41, 5.74) is 0.746. The minimum atomic E-state index is -0.641. The van der Waals surface area contributed by atoms with E-state index in [9.17, 15) is 9.59 Å². The molecule has 1 fully saturated rings. The highest BCUT2D eigenvalue weighted by Crippen LogP contribution is 2.39. The maximum atomic E-state index is 13.1. The summed E-state index contributed by atoms with van der Waals surface area (Å²) in [5.74, 6) is 0.454. The zero-order chi connectivity index (χ0) is 19.1. The molecule has 1 unspecified atom stereocenters. The van der Waals surface area contributed by atoms with Crippen LogP contribution in [0, 0.1) is 0 Å². The molecular weight excluding hydrogens is 518 g/mol. The van der Waals surface area contributed by atoms with Gasteiger partial charge in [0.2, 0.25) is 0 Å². The van der Waals surface area contributed by atoms with E-state index in [1.165, 1.54) is 0 Å². The monoisotopic (exact) mass is 527 g/mol. The number of carbonyl (C=O) groups excluding carboxylic acids is 1. The Morgan fingerprint density at radius 2 is 2.04 bits per heavy atom. The molecule has 2 heterocycles. The second-order valence-corrected chi connectivity index (χ2v) is 9.42. The second-order valence-electron chi connectivity index (χ2n) is 6.03. The molecule has 1 saturated heterocycles. The SMILES string of the molecule is O=C(c1cc2cc(Br)cc(Br)c2oc1=O)N1CCSC1c1cccc(Cl)c1. The molecule has 1 amide bonds. The first-order valence-electron chi connectivity index (χ1n) is 8.05. The molecule has 0 bridgehead atoms. The summed E-state index contributed by atoms with van der Waals surface area (Å²) in [4.78, 5) is 27.3. The first kappa shape index (κ1) is 19.1. The van der Waals surface area contributed by atoms with Crippen molar-refractivity contribution in [3.05, 3.63) is 78.0 Å². The molecule has 0 radical (unpaired) electrons. The van der Waals surface area contributed by atoms with Crippen LogP contribution < -0.4 is 5.63 Å². The number of benzene rings is 2. The van der Waals surface area contributed by atoms with Gasteiger partial charge in [0.25, 0.3) is 5.91 Å². The molecule has 1 aliphatic heterocycles. The predicted octanol–water partition coefficient (Wildman–Crippen LogP) is 5.86. The van der Waals surface area contributed by atoms with Crippen molar-refractivity contribution in [1.29, 1.82) is 0 Å². The lowest BCUT2D eigenvalue weighted by Gasteiger charge is -2.24. The summed E-state index contributed by atoms with van der Waals surface area (Å²) in [5, 5.41) is 1.11. The third-order valence-corrected chi connectivity index (χ3v) is 6.81. The third-order valence-electron chi connectivity index (χ3n) is 4.27. The molecule has 0 saturated carbocycles. The fourth-order valence-electron chi connectivity index (χ4n) is 3.08. The average molecular weight is 530 g/mol. The van der Waals surface area contributed by atoms with Crippen molar-refractivity contribution in [2.45, 2.75) is 5.37 Å². The summed E-state index contributed by atoms with van der Waals surface area (Å²) >= 11 is 14.5. The maximum Gasteiger partial charge on any atom is 0.349 e. The van der Waals surface area contributed by atoms with Gasteiger partial charge in [-0.2, -0.15) is 0 Å².